The van der Waals surface area contributed by atoms with E-state index in [0.717, 1.165) is 0 Å². The van der Waals surface area contributed by atoms with Gasteiger partial charge < -0.3 is 9.47 Å². The summed E-state index contributed by atoms with van der Waals surface area (Å²) in [5.74, 6) is 0.798. The zero-order chi connectivity index (χ0) is 22.9. The van der Waals surface area contributed by atoms with Gasteiger partial charge in [0.25, 0.3) is 20.0 Å². The van der Waals surface area contributed by atoms with E-state index in [1.807, 2.05) is 0 Å². The van der Waals surface area contributed by atoms with Crippen molar-refractivity contribution >= 4 is 43.0 Å². The molecule has 0 aromatic heterocycles. The minimum Gasteiger partial charge on any atom is -0.486 e. The second kappa shape index (κ2) is 8.53. The summed E-state index contributed by atoms with van der Waals surface area (Å²) in [6.45, 7) is 2.39. The Morgan fingerprint density at radius 2 is 1.34 bits per heavy atom. The molecule has 0 saturated carbocycles. The first kappa shape index (κ1) is 22.3. The Morgan fingerprint density at radius 1 is 0.750 bits per heavy atom. The van der Waals surface area contributed by atoms with Gasteiger partial charge in [0, 0.05) is 16.8 Å². The highest BCUT2D eigenvalue weighted by atomic mass is 35.5. The first-order valence-electron chi connectivity index (χ1n) is 9.46. The molecule has 0 unspecified atom stereocenters. The van der Waals surface area contributed by atoms with E-state index in [1.54, 1.807) is 19.1 Å². The largest absolute Gasteiger partial charge is 0.486 e. The van der Waals surface area contributed by atoms with E-state index < -0.39 is 20.0 Å². The first-order chi connectivity index (χ1) is 15.1. The molecule has 0 amide bonds. The lowest BCUT2D eigenvalue weighted by atomic mass is 10.2. The third-order valence-electron chi connectivity index (χ3n) is 4.68. The van der Waals surface area contributed by atoms with Crippen LogP contribution in [-0.2, 0) is 20.0 Å². The predicted octanol–water partition coefficient (Wildman–Crippen LogP) is 4.02. The summed E-state index contributed by atoms with van der Waals surface area (Å²) < 4.78 is 67.2. The normalized spacial score (nSPS) is 13.4. The number of sulfonamides is 2. The number of hydrogen-bond donors (Lipinski definition) is 2. The molecule has 1 heterocycles. The quantitative estimate of drug-likeness (QED) is 0.535. The lowest BCUT2D eigenvalue weighted by Crippen LogP contribution is -2.18. The summed E-state index contributed by atoms with van der Waals surface area (Å²) in [4.78, 5) is -0.133. The maximum atomic E-state index is 12.9. The van der Waals surface area contributed by atoms with Crippen molar-refractivity contribution in [2.24, 2.45) is 0 Å². The molecule has 168 valence electrons. The highest BCUT2D eigenvalue weighted by Crippen LogP contribution is 2.33. The molecule has 0 bridgehead atoms. The molecular weight excluding hydrogens is 476 g/mol. The Morgan fingerprint density at radius 3 is 2.06 bits per heavy atom. The van der Waals surface area contributed by atoms with E-state index in [1.165, 1.54) is 48.5 Å². The van der Waals surface area contributed by atoms with Crippen LogP contribution in [-0.4, -0.2) is 30.0 Å². The van der Waals surface area contributed by atoms with Crippen LogP contribution >= 0.6 is 11.6 Å². The highest BCUT2D eigenvalue weighted by Gasteiger charge is 2.22. The molecule has 3 aromatic carbocycles. The van der Waals surface area contributed by atoms with Gasteiger partial charge in [0.2, 0.25) is 0 Å². The lowest BCUT2D eigenvalue weighted by Gasteiger charge is -2.19. The maximum Gasteiger partial charge on any atom is 0.262 e. The molecule has 3 aromatic rings. The molecule has 4 rings (SSSR count). The smallest absolute Gasteiger partial charge is 0.262 e. The van der Waals surface area contributed by atoms with Gasteiger partial charge in [0.15, 0.2) is 11.5 Å². The van der Waals surface area contributed by atoms with Gasteiger partial charge in [-0.15, -0.1) is 0 Å². The van der Waals surface area contributed by atoms with Crippen LogP contribution < -0.4 is 18.9 Å². The molecular formula is C21H19ClN2O6S2. The van der Waals surface area contributed by atoms with Gasteiger partial charge in [-0.25, -0.2) is 16.8 Å². The van der Waals surface area contributed by atoms with Crippen molar-refractivity contribution in [3.63, 3.8) is 0 Å². The average Bonchev–Trinajstić information content (AvgIpc) is 2.76. The van der Waals surface area contributed by atoms with Crippen molar-refractivity contribution in [1.82, 2.24) is 0 Å². The molecule has 0 fully saturated rings. The molecule has 2 N–H and O–H groups in total. The zero-order valence-corrected chi connectivity index (χ0v) is 19.2. The number of benzene rings is 3. The van der Waals surface area contributed by atoms with Gasteiger partial charge in [-0.2, -0.15) is 0 Å². The van der Waals surface area contributed by atoms with Gasteiger partial charge in [-0.1, -0.05) is 17.7 Å². The van der Waals surface area contributed by atoms with Crippen molar-refractivity contribution in [3.05, 3.63) is 71.2 Å². The van der Waals surface area contributed by atoms with Crippen LogP contribution in [0, 0.1) is 6.92 Å². The van der Waals surface area contributed by atoms with E-state index >= 15 is 0 Å². The van der Waals surface area contributed by atoms with E-state index in [4.69, 9.17) is 21.1 Å². The summed E-state index contributed by atoms with van der Waals surface area (Å²) in [6, 6.07) is 14.6. The van der Waals surface area contributed by atoms with Gasteiger partial charge in [0.1, 0.15) is 13.2 Å². The molecule has 8 nitrogen and oxygen atoms in total. The standard InChI is InChI=1S/C21H19ClN2O6S2/c1-14-2-7-17(31(25,26)23-16-5-3-15(22)4-6-16)12-19(14)24-32(27,28)18-8-9-20-21(13-18)30-11-10-29-20/h2-9,12-13,23-24H,10-11H2,1H3. The number of halogens is 1. The number of anilines is 2. The van der Waals surface area contributed by atoms with Crippen LogP contribution in [0.15, 0.2) is 70.5 Å². The first-order valence-corrected chi connectivity index (χ1v) is 12.8. The Hall–Kier alpha value is -2.95. The lowest BCUT2D eigenvalue weighted by molar-refractivity contribution is 0.171. The average molecular weight is 495 g/mol. The SMILES string of the molecule is Cc1ccc(S(=O)(=O)Nc2ccc(Cl)cc2)cc1NS(=O)(=O)c1ccc2c(c1)OCCO2. The molecule has 0 spiro atoms. The van der Waals surface area contributed by atoms with Gasteiger partial charge in [-0.05, 0) is 61.0 Å². The molecule has 11 heteroatoms. The zero-order valence-electron chi connectivity index (χ0n) is 16.8. The Bertz CT molecular complexity index is 1370. The predicted molar refractivity (Wildman–Crippen MR) is 122 cm³/mol. The van der Waals surface area contributed by atoms with Crippen molar-refractivity contribution in [3.8, 4) is 11.5 Å². The molecule has 0 aliphatic carbocycles. The van der Waals surface area contributed by atoms with Gasteiger partial charge >= 0.3 is 0 Å². The van der Waals surface area contributed by atoms with Crippen LogP contribution in [0.1, 0.15) is 5.56 Å². The van der Waals surface area contributed by atoms with Crippen molar-refractivity contribution in [2.75, 3.05) is 22.7 Å². The molecule has 1 aliphatic heterocycles. The summed E-state index contributed by atoms with van der Waals surface area (Å²) in [7, 11) is -7.97. The summed E-state index contributed by atoms with van der Waals surface area (Å²) >= 11 is 5.83. The van der Waals surface area contributed by atoms with Crippen LogP contribution in [0.3, 0.4) is 0 Å². The fourth-order valence-electron chi connectivity index (χ4n) is 3.00. The number of aryl methyl sites for hydroxylation is 1. The highest BCUT2D eigenvalue weighted by molar-refractivity contribution is 7.93. The van der Waals surface area contributed by atoms with Crippen LogP contribution in [0.4, 0.5) is 11.4 Å². The molecule has 0 saturated heterocycles. The van der Waals surface area contributed by atoms with Crippen LogP contribution in [0.2, 0.25) is 5.02 Å². The molecule has 0 radical (unpaired) electrons. The second-order valence-corrected chi connectivity index (χ2v) is 10.8. The van der Waals surface area contributed by atoms with Gasteiger partial charge in [0.05, 0.1) is 15.5 Å². The molecule has 32 heavy (non-hydrogen) atoms. The summed E-state index contributed by atoms with van der Waals surface area (Å²) in [5, 5.41) is 0.471. The molecule has 0 atom stereocenters. The minimum atomic E-state index is -4.01. The minimum absolute atomic E-state index is 0.0336. The Kier molecular flexibility index (Phi) is 5.93. The monoisotopic (exact) mass is 494 g/mol. The van der Waals surface area contributed by atoms with E-state index in [0.29, 0.717) is 41.0 Å². The topological polar surface area (TPSA) is 111 Å². The fourth-order valence-corrected chi connectivity index (χ4v) is 5.35. The number of fused-ring (bicyclic) bond motifs is 1. The van der Waals surface area contributed by atoms with E-state index in [9.17, 15) is 16.8 Å². The third-order valence-corrected chi connectivity index (χ3v) is 7.68. The Balaban J connectivity index is 1.62. The van der Waals surface area contributed by atoms with Crippen molar-refractivity contribution in [2.45, 2.75) is 16.7 Å². The number of ether oxygens (including phenoxy) is 2. The van der Waals surface area contributed by atoms with Crippen molar-refractivity contribution < 1.29 is 26.3 Å². The van der Waals surface area contributed by atoms with Crippen molar-refractivity contribution in [1.29, 1.82) is 0 Å². The van der Waals surface area contributed by atoms with E-state index in [-0.39, 0.29) is 15.5 Å². The molecule has 1 aliphatic rings. The summed E-state index contributed by atoms with van der Waals surface area (Å²) in [6.07, 6.45) is 0. The van der Waals surface area contributed by atoms with Crippen LogP contribution in [0.25, 0.3) is 0 Å². The Labute approximate surface area is 191 Å². The fraction of sp³-hybridized carbons (Fsp3) is 0.143. The van der Waals surface area contributed by atoms with Crippen LogP contribution in [0.5, 0.6) is 11.5 Å². The van der Waals surface area contributed by atoms with E-state index in [2.05, 4.69) is 9.44 Å². The number of nitrogens with one attached hydrogen (secondary N) is 2. The number of hydrogen-bond acceptors (Lipinski definition) is 6. The maximum absolute atomic E-state index is 12.9. The third kappa shape index (κ3) is 4.77. The number of rotatable bonds is 6. The van der Waals surface area contributed by atoms with Gasteiger partial charge in [-0.3, -0.25) is 9.44 Å². The summed E-state index contributed by atoms with van der Waals surface area (Å²) in [5.41, 5.74) is 1.02. The second-order valence-electron chi connectivity index (χ2n) is 7.00.